The van der Waals surface area contributed by atoms with Crippen molar-refractivity contribution in [2.45, 2.75) is 91.1 Å². The van der Waals surface area contributed by atoms with Crippen molar-refractivity contribution < 1.29 is 43.3 Å². The summed E-state index contributed by atoms with van der Waals surface area (Å²) in [7, 11) is 0. The van der Waals surface area contributed by atoms with Gasteiger partial charge in [-0.3, -0.25) is 19.2 Å². The molecule has 0 saturated carbocycles. The predicted octanol–water partition coefficient (Wildman–Crippen LogP) is 3.09. The summed E-state index contributed by atoms with van der Waals surface area (Å²) in [6.45, 7) is 8.53. The zero-order valence-electron chi connectivity index (χ0n) is 22.5. The summed E-state index contributed by atoms with van der Waals surface area (Å²) >= 11 is 0. The fraction of sp³-hybridized carbons (Fsp3) is 0.593. The van der Waals surface area contributed by atoms with E-state index in [9.17, 15) is 29.1 Å². The van der Waals surface area contributed by atoms with Crippen LogP contribution in [-0.4, -0.2) is 59.7 Å². The van der Waals surface area contributed by atoms with Crippen molar-refractivity contribution in [1.82, 2.24) is 5.32 Å². The quantitative estimate of drug-likeness (QED) is 0.128. The maximum atomic E-state index is 13.3. The average molecular weight is 535 g/mol. The molecule has 1 aliphatic rings. The largest absolute Gasteiger partial charge is 0.505 e. The third kappa shape index (κ3) is 7.69. The number of amides is 2. The topological polar surface area (TPSA) is 157 Å². The van der Waals surface area contributed by atoms with Crippen LogP contribution in [0.3, 0.4) is 0 Å². The zero-order chi connectivity index (χ0) is 28.4. The van der Waals surface area contributed by atoms with Crippen molar-refractivity contribution in [1.29, 1.82) is 0 Å². The third-order valence-electron chi connectivity index (χ3n) is 6.66. The van der Waals surface area contributed by atoms with E-state index in [0.29, 0.717) is 25.7 Å². The molecule has 0 bridgehead atoms. The van der Waals surface area contributed by atoms with Crippen molar-refractivity contribution in [3.8, 4) is 5.75 Å². The van der Waals surface area contributed by atoms with Crippen molar-refractivity contribution >= 4 is 35.9 Å². The Balaban J connectivity index is 2.36. The molecule has 3 N–H and O–H groups in total. The second-order valence-corrected chi connectivity index (χ2v) is 9.51. The van der Waals surface area contributed by atoms with Crippen molar-refractivity contribution in [3.63, 3.8) is 0 Å². The SMILES string of the molecule is CCCCC[C@H]1C(=O)O[C@H](C)[C@H](NC(=O)c2cccc(NC=O)c2O)C(=O)O[C@@H](C)[C@@H]1OC(=O)[C@H](C)CC. The Morgan fingerprint density at radius 2 is 1.79 bits per heavy atom. The lowest BCUT2D eigenvalue weighted by atomic mass is 9.92. The highest BCUT2D eigenvalue weighted by molar-refractivity contribution is 6.01. The second kappa shape index (κ2) is 14.3. The Morgan fingerprint density at radius 3 is 2.42 bits per heavy atom. The van der Waals surface area contributed by atoms with Crippen LogP contribution < -0.4 is 10.6 Å². The van der Waals surface area contributed by atoms with E-state index >= 15 is 0 Å². The first-order chi connectivity index (χ1) is 18.0. The van der Waals surface area contributed by atoms with Crippen LogP contribution in [-0.2, 0) is 33.4 Å². The number of ether oxygens (including phenoxy) is 3. The third-order valence-corrected chi connectivity index (χ3v) is 6.66. The molecule has 6 atom stereocenters. The van der Waals surface area contributed by atoms with E-state index in [4.69, 9.17) is 14.2 Å². The maximum Gasteiger partial charge on any atom is 0.332 e. The van der Waals surface area contributed by atoms with Crippen LogP contribution in [0.25, 0.3) is 0 Å². The van der Waals surface area contributed by atoms with E-state index < -0.39 is 65.8 Å². The van der Waals surface area contributed by atoms with Crippen LogP contribution in [0.15, 0.2) is 18.2 Å². The molecule has 1 saturated heterocycles. The van der Waals surface area contributed by atoms with Gasteiger partial charge in [0.25, 0.3) is 5.91 Å². The van der Waals surface area contributed by atoms with Gasteiger partial charge in [-0.25, -0.2) is 4.79 Å². The number of benzene rings is 1. The number of unbranched alkanes of at least 4 members (excludes halogenated alkanes) is 2. The number of phenolic OH excluding ortho intramolecular Hbond substituents is 1. The Bertz CT molecular complexity index is 1010. The van der Waals surface area contributed by atoms with Crippen molar-refractivity contribution in [3.05, 3.63) is 23.8 Å². The van der Waals surface area contributed by atoms with Gasteiger partial charge < -0.3 is 30.0 Å². The number of nitrogens with one attached hydrogen (secondary N) is 2. The number of rotatable bonds is 11. The van der Waals surface area contributed by atoms with Gasteiger partial charge in [0.05, 0.1) is 23.1 Å². The van der Waals surface area contributed by atoms with Crippen LogP contribution in [0.2, 0.25) is 0 Å². The Morgan fingerprint density at radius 1 is 1.11 bits per heavy atom. The molecule has 11 heteroatoms. The lowest BCUT2D eigenvalue weighted by Crippen LogP contribution is -2.50. The number of phenols is 1. The summed E-state index contributed by atoms with van der Waals surface area (Å²) in [4.78, 5) is 62.9. The van der Waals surface area contributed by atoms with Gasteiger partial charge in [0.1, 0.15) is 12.2 Å². The summed E-state index contributed by atoms with van der Waals surface area (Å²) in [5.41, 5.74) is -0.215. The summed E-state index contributed by atoms with van der Waals surface area (Å²) in [6.07, 6.45) is 0.457. The second-order valence-electron chi connectivity index (χ2n) is 9.51. The van der Waals surface area contributed by atoms with Crippen LogP contribution in [0.1, 0.15) is 77.1 Å². The predicted molar refractivity (Wildman–Crippen MR) is 137 cm³/mol. The number of carbonyl (C=O) groups is 5. The summed E-state index contributed by atoms with van der Waals surface area (Å²) in [6, 6.07) is 2.70. The van der Waals surface area contributed by atoms with E-state index in [2.05, 4.69) is 10.6 Å². The molecule has 1 aromatic rings. The normalized spacial score (nSPS) is 24.5. The van der Waals surface area contributed by atoms with Crippen LogP contribution in [0.4, 0.5) is 5.69 Å². The number of cyclic esters (lactones) is 2. The highest BCUT2D eigenvalue weighted by Gasteiger charge is 2.44. The first kappa shape index (κ1) is 30.6. The minimum absolute atomic E-state index is 0.00122. The maximum absolute atomic E-state index is 13.3. The molecule has 0 aliphatic carbocycles. The molecule has 2 rings (SSSR count). The number of anilines is 1. The van der Waals surface area contributed by atoms with Gasteiger partial charge in [-0.1, -0.05) is 46.1 Å². The van der Waals surface area contributed by atoms with Gasteiger partial charge in [-0.2, -0.15) is 0 Å². The van der Waals surface area contributed by atoms with Crippen LogP contribution >= 0.6 is 0 Å². The summed E-state index contributed by atoms with van der Waals surface area (Å²) in [5.74, 6) is -4.71. The summed E-state index contributed by atoms with van der Waals surface area (Å²) in [5, 5.41) is 15.1. The van der Waals surface area contributed by atoms with E-state index in [0.717, 1.165) is 12.8 Å². The van der Waals surface area contributed by atoms with Crippen molar-refractivity contribution in [2.24, 2.45) is 11.8 Å². The van der Waals surface area contributed by atoms with Gasteiger partial charge in [-0.15, -0.1) is 0 Å². The number of hydrogen-bond acceptors (Lipinski definition) is 9. The molecule has 0 unspecified atom stereocenters. The number of para-hydroxylation sites is 1. The minimum atomic E-state index is -1.42. The molecule has 2 amide bonds. The molecule has 1 heterocycles. The molecule has 0 radical (unpaired) electrons. The molecular weight excluding hydrogens is 496 g/mol. The fourth-order valence-corrected chi connectivity index (χ4v) is 4.11. The van der Waals surface area contributed by atoms with Gasteiger partial charge >= 0.3 is 17.9 Å². The molecule has 210 valence electrons. The number of esters is 3. The van der Waals surface area contributed by atoms with Gasteiger partial charge in [0.2, 0.25) is 6.41 Å². The molecular formula is C27H38N2O9. The Kier molecular flexibility index (Phi) is 11.5. The number of carbonyl (C=O) groups excluding carboxylic acids is 5. The molecule has 11 nitrogen and oxygen atoms in total. The first-order valence-corrected chi connectivity index (χ1v) is 13.0. The number of hydrogen-bond donors (Lipinski definition) is 3. The molecule has 38 heavy (non-hydrogen) atoms. The van der Waals surface area contributed by atoms with Gasteiger partial charge in [-0.05, 0) is 38.8 Å². The lowest BCUT2D eigenvalue weighted by molar-refractivity contribution is -0.177. The number of aromatic hydroxyl groups is 1. The van der Waals surface area contributed by atoms with Gasteiger partial charge in [0.15, 0.2) is 17.9 Å². The van der Waals surface area contributed by atoms with E-state index in [1.54, 1.807) is 6.92 Å². The van der Waals surface area contributed by atoms with Gasteiger partial charge in [0, 0.05) is 0 Å². The molecule has 1 aliphatic heterocycles. The highest BCUT2D eigenvalue weighted by Crippen LogP contribution is 2.29. The Labute approximate surface area is 222 Å². The molecule has 0 aromatic heterocycles. The highest BCUT2D eigenvalue weighted by atomic mass is 16.6. The summed E-state index contributed by atoms with van der Waals surface area (Å²) < 4.78 is 16.9. The van der Waals surface area contributed by atoms with Crippen LogP contribution in [0, 0.1) is 11.8 Å². The molecule has 1 aromatic carbocycles. The average Bonchev–Trinajstić information content (AvgIpc) is 2.90. The van der Waals surface area contributed by atoms with E-state index in [1.807, 2.05) is 13.8 Å². The lowest BCUT2D eigenvalue weighted by Gasteiger charge is -2.30. The van der Waals surface area contributed by atoms with E-state index in [-0.39, 0.29) is 11.3 Å². The Hall–Kier alpha value is -3.63. The fourth-order valence-electron chi connectivity index (χ4n) is 4.11. The molecule has 0 spiro atoms. The minimum Gasteiger partial charge on any atom is -0.505 e. The first-order valence-electron chi connectivity index (χ1n) is 13.0. The smallest absolute Gasteiger partial charge is 0.332 e. The molecule has 1 fully saturated rings. The monoisotopic (exact) mass is 534 g/mol. The van der Waals surface area contributed by atoms with Crippen LogP contribution in [0.5, 0.6) is 5.75 Å². The zero-order valence-corrected chi connectivity index (χ0v) is 22.5. The van der Waals surface area contributed by atoms with Crippen molar-refractivity contribution in [2.75, 3.05) is 5.32 Å². The van der Waals surface area contributed by atoms with E-state index in [1.165, 1.54) is 32.0 Å². The standard InChI is InChI=1S/C27H38N2O9/c1-6-8-9-11-19-23(38-25(33)15(3)7-2)17(5)37-27(35)21(16(4)36-26(19)34)29-24(32)18-12-10-13-20(22(18)31)28-14-30/h10,12-17,19,21,23,31H,6-9,11H2,1-5H3,(H,28,30)(H,29,32)/t15-,16-,17+,19-,21+,23+/m1/s1.